The molecule has 0 atom stereocenters. The zero-order valence-electron chi connectivity index (χ0n) is 19.0. The summed E-state index contributed by atoms with van der Waals surface area (Å²) in [4.78, 5) is 16.5. The van der Waals surface area contributed by atoms with Crippen LogP contribution in [0, 0.1) is 0 Å². The summed E-state index contributed by atoms with van der Waals surface area (Å²) in [5.41, 5.74) is 2.25. The molecule has 0 aliphatic carbocycles. The number of aliphatic imine (C=N–C) groups is 1. The molecular formula is C22H35ClIN7. The molecule has 1 fully saturated rings. The minimum Gasteiger partial charge on any atom is -0.357 e. The Balaban J connectivity index is 0.00000341. The Morgan fingerprint density at radius 2 is 1.97 bits per heavy atom. The Labute approximate surface area is 208 Å². The van der Waals surface area contributed by atoms with Crippen molar-refractivity contribution in [3.8, 4) is 0 Å². The molecule has 1 N–H and O–H groups in total. The molecule has 7 nitrogen and oxygen atoms in total. The normalized spacial score (nSPS) is 15.0. The number of hydrogen-bond acceptors (Lipinski definition) is 4. The average molecular weight is 560 g/mol. The van der Waals surface area contributed by atoms with Crippen molar-refractivity contribution < 1.29 is 0 Å². The van der Waals surface area contributed by atoms with Crippen LogP contribution in [0.1, 0.15) is 25.1 Å². The number of pyridine rings is 1. The highest BCUT2D eigenvalue weighted by molar-refractivity contribution is 14.0. The van der Waals surface area contributed by atoms with E-state index in [1.54, 1.807) is 0 Å². The van der Waals surface area contributed by atoms with E-state index in [4.69, 9.17) is 21.6 Å². The van der Waals surface area contributed by atoms with Gasteiger partial charge >= 0.3 is 0 Å². The Morgan fingerprint density at radius 1 is 1.23 bits per heavy atom. The molecule has 2 aromatic heterocycles. The molecule has 1 saturated heterocycles. The average Bonchev–Trinajstić information content (AvgIpc) is 3.08. The topological polar surface area (TPSA) is 51.9 Å². The van der Waals surface area contributed by atoms with Crippen LogP contribution in [0.25, 0.3) is 0 Å². The lowest BCUT2D eigenvalue weighted by atomic mass is 10.2. The van der Waals surface area contributed by atoms with Gasteiger partial charge in [0.05, 0.1) is 18.1 Å². The first kappa shape index (κ1) is 25.7. The van der Waals surface area contributed by atoms with E-state index in [9.17, 15) is 0 Å². The van der Waals surface area contributed by atoms with E-state index in [0.717, 1.165) is 73.9 Å². The second kappa shape index (κ2) is 12.5. The van der Waals surface area contributed by atoms with E-state index in [1.807, 2.05) is 37.1 Å². The summed E-state index contributed by atoms with van der Waals surface area (Å²) < 4.78 is 2.05. The molecule has 1 aliphatic heterocycles. The number of anilines is 1. The second-order valence-corrected chi connectivity index (χ2v) is 8.17. The first-order valence-electron chi connectivity index (χ1n) is 10.7. The molecule has 9 heteroatoms. The van der Waals surface area contributed by atoms with Gasteiger partial charge in [0.1, 0.15) is 5.82 Å². The molecule has 172 valence electrons. The number of likely N-dealkylation sites (N-methyl/N-ethyl adjacent to an activating group) is 1. The van der Waals surface area contributed by atoms with Crippen LogP contribution in [0.2, 0.25) is 5.02 Å². The number of halogens is 2. The maximum absolute atomic E-state index is 6.12. The van der Waals surface area contributed by atoms with E-state index in [0.29, 0.717) is 6.54 Å². The van der Waals surface area contributed by atoms with Crippen LogP contribution < -0.4 is 10.2 Å². The fraction of sp³-hybridized carbons (Fsp3) is 0.545. The van der Waals surface area contributed by atoms with Crippen LogP contribution in [0.3, 0.4) is 0 Å². The zero-order chi connectivity index (χ0) is 21.5. The van der Waals surface area contributed by atoms with Gasteiger partial charge in [-0.1, -0.05) is 24.6 Å². The van der Waals surface area contributed by atoms with Crippen LogP contribution in [0.5, 0.6) is 0 Å². The fourth-order valence-electron chi connectivity index (χ4n) is 3.67. The summed E-state index contributed by atoms with van der Waals surface area (Å²) in [5, 5.41) is 4.13. The summed E-state index contributed by atoms with van der Waals surface area (Å²) in [6.07, 6.45) is 3.87. The first-order valence-corrected chi connectivity index (χ1v) is 11.1. The lowest BCUT2D eigenvalue weighted by Gasteiger charge is -2.34. The number of nitrogens with zero attached hydrogens (tertiary/aromatic N) is 6. The van der Waals surface area contributed by atoms with Crippen molar-refractivity contribution in [2.24, 2.45) is 12.0 Å². The molecule has 31 heavy (non-hydrogen) atoms. The predicted molar refractivity (Wildman–Crippen MR) is 141 cm³/mol. The molecular weight excluding hydrogens is 525 g/mol. The second-order valence-electron chi connectivity index (χ2n) is 7.73. The molecule has 0 bridgehead atoms. The monoisotopic (exact) mass is 559 g/mol. The molecule has 0 radical (unpaired) electrons. The van der Waals surface area contributed by atoms with E-state index in [1.165, 1.54) is 0 Å². The van der Waals surface area contributed by atoms with E-state index in [-0.39, 0.29) is 24.0 Å². The summed E-state index contributed by atoms with van der Waals surface area (Å²) in [7, 11) is 4.05. The largest absolute Gasteiger partial charge is 0.357 e. The highest BCUT2D eigenvalue weighted by Gasteiger charge is 2.16. The number of hydrogen-bond donors (Lipinski definition) is 1. The van der Waals surface area contributed by atoms with Crippen LogP contribution >= 0.6 is 35.6 Å². The van der Waals surface area contributed by atoms with Gasteiger partial charge < -0.3 is 24.6 Å². The third-order valence-electron chi connectivity index (χ3n) is 5.53. The van der Waals surface area contributed by atoms with Gasteiger partial charge in [-0.15, -0.1) is 24.0 Å². The molecule has 0 aromatic carbocycles. The molecule has 0 amide bonds. The predicted octanol–water partition coefficient (Wildman–Crippen LogP) is 3.43. The lowest BCUT2D eigenvalue weighted by molar-refractivity contribution is 0.270. The number of piperazine rings is 1. The Kier molecular flexibility index (Phi) is 10.4. The molecule has 1 aliphatic rings. The van der Waals surface area contributed by atoms with Crippen molar-refractivity contribution in [2.45, 2.75) is 26.9 Å². The van der Waals surface area contributed by atoms with Crippen molar-refractivity contribution in [2.75, 3.05) is 51.2 Å². The summed E-state index contributed by atoms with van der Waals surface area (Å²) in [6, 6.07) is 6.25. The quantitative estimate of drug-likeness (QED) is 0.320. The van der Waals surface area contributed by atoms with Gasteiger partial charge in [0.15, 0.2) is 5.96 Å². The molecule has 3 heterocycles. The minimum atomic E-state index is 0. The zero-order valence-corrected chi connectivity index (χ0v) is 22.1. The number of guanidine groups is 1. The number of aromatic nitrogens is 2. The van der Waals surface area contributed by atoms with E-state index < -0.39 is 0 Å². The van der Waals surface area contributed by atoms with Gasteiger partial charge in [0, 0.05) is 64.9 Å². The highest BCUT2D eigenvalue weighted by Crippen LogP contribution is 2.16. The number of nitrogens with one attached hydrogen (secondary N) is 1. The lowest BCUT2D eigenvalue weighted by Crippen LogP contribution is -2.46. The summed E-state index contributed by atoms with van der Waals surface area (Å²) in [6.45, 7) is 11.9. The smallest absolute Gasteiger partial charge is 0.194 e. The van der Waals surface area contributed by atoms with Crippen LogP contribution in [-0.2, 0) is 20.1 Å². The van der Waals surface area contributed by atoms with Crippen molar-refractivity contribution in [3.63, 3.8) is 0 Å². The van der Waals surface area contributed by atoms with Crippen molar-refractivity contribution in [3.05, 3.63) is 46.9 Å². The van der Waals surface area contributed by atoms with Crippen molar-refractivity contribution in [1.82, 2.24) is 24.7 Å². The van der Waals surface area contributed by atoms with Crippen LogP contribution in [-0.4, -0.2) is 71.6 Å². The van der Waals surface area contributed by atoms with Gasteiger partial charge in [-0.05, 0) is 31.2 Å². The third kappa shape index (κ3) is 7.25. The van der Waals surface area contributed by atoms with Crippen LogP contribution in [0.4, 0.5) is 5.82 Å². The molecule has 2 aromatic rings. The van der Waals surface area contributed by atoms with E-state index >= 15 is 0 Å². The van der Waals surface area contributed by atoms with Gasteiger partial charge in [-0.3, -0.25) is 0 Å². The molecule has 0 spiro atoms. The maximum atomic E-state index is 6.12. The van der Waals surface area contributed by atoms with Crippen LogP contribution in [0.15, 0.2) is 35.6 Å². The summed E-state index contributed by atoms with van der Waals surface area (Å²) in [5.74, 6) is 1.93. The Hall–Kier alpha value is -1.52. The standard InChI is InChI=1S/C22H34ClN7.HI/c1-5-24-22(28(4)17-20-13-19(23)16-27(20)3)26-15-18-7-8-21(25-14-18)30-11-9-29(6-2)10-12-30;/h7-8,13-14,16H,5-6,9-12,15,17H2,1-4H3,(H,24,26);1H. The summed E-state index contributed by atoms with van der Waals surface area (Å²) >= 11 is 6.12. The number of aryl methyl sites for hydroxylation is 1. The highest BCUT2D eigenvalue weighted by atomic mass is 127. The molecule has 0 saturated carbocycles. The number of rotatable bonds is 7. The van der Waals surface area contributed by atoms with Gasteiger partial charge in [0.2, 0.25) is 0 Å². The van der Waals surface area contributed by atoms with Crippen molar-refractivity contribution >= 4 is 47.4 Å². The fourth-order valence-corrected chi connectivity index (χ4v) is 3.94. The van der Waals surface area contributed by atoms with Gasteiger partial charge in [0.25, 0.3) is 0 Å². The minimum absolute atomic E-state index is 0. The Bertz CT molecular complexity index is 829. The van der Waals surface area contributed by atoms with Gasteiger partial charge in [-0.25, -0.2) is 9.98 Å². The first-order chi connectivity index (χ1) is 14.5. The van der Waals surface area contributed by atoms with Crippen molar-refractivity contribution in [1.29, 1.82) is 0 Å². The van der Waals surface area contributed by atoms with Gasteiger partial charge in [-0.2, -0.15) is 0 Å². The SMILES string of the molecule is CCNC(=NCc1ccc(N2CCN(CC)CC2)nc1)N(C)Cc1cc(Cl)cn1C.I. The Morgan fingerprint density at radius 3 is 2.52 bits per heavy atom. The molecule has 3 rings (SSSR count). The van der Waals surface area contributed by atoms with E-state index in [2.05, 4.69) is 46.0 Å². The molecule has 0 unspecified atom stereocenters. The maximum Gasteiger partial charge on any atom is 0.194 e. The third-order valence-corrected chi connectivity index (χ3v) is 5.74.